The second-order valence-corrected chi connectivity index (χ2v) is 6.70. The van der Waals surface area contributed by atoms with Crippen LogP contribution in [0.5, 0.6) is 0 Å². The maximum Gasteiger partial charge on any atom is 0.251 e. The smallest absolute Gasteiger partial charge is 0.251 e. The van der Waals surface area contributed by atoms with Crippen LogP contribution in [0.4, 0.5) is 0 Å². The van der Waals surface area contributed by atoms with Gasteiger partial charge in [0, 0.05) is 29.9 Å². The average molecular weight is 312 g/mol. The first-order valence-corrected chi connectivity index (χ1v) is 8.10. The lowest BCUT2D eigenvalue weighted by Gasteiger charge is -2.35. The van der Waals surface area contributed by atoms with Gasteiger partial charge in [-0.3, -0.25) is 9.48 Å². The van der Waals surface area contributed by atoms with Crippen LogP contribution in [0, 0.1) is 6.92 Å². The molecule has 1 amide bonds. The molecule has 0 unspecified atom stereocenters. The number of amides is 1. The van der Waals surface area contributed by atoms with Crippen molar-refractivity contribution in [1.29, 1.82) is 0 Å². The Labute approximate surface area is 137 Å². The van der Waals surface area contributed by atoms with Crippen LogP contribution in [-0.4, -0.2) is 34.3 Å². The predicted octanol–water partition coefficient (Wildman–Crippen LogP) is 2.27. The van der Waals surface area contributed by atoms with Gasteiger partial charge in [0.1, 0.15) is 0 Å². The average Bonchev–Trinajstić information content (AvgIpc) is 2.94. The van der Waals surface area contributed by atoms with E-state index < -0.39 is 0 Å². The third-order valence-corrected chi connectivity index (χ3v) is 4.64. The number of piperidine rings is 1. The molecule has 0 radical (unpaired) electrons. The molecule has 0 atom stereocenters. The molecule has 1 aliphatic heterocycles. The third-order valence-electron chi connectivity index (χ3n) is 4.64. The minimum Gasteiger partial charge on any atom is -0.347 e. The second kappa shape index (κ2) is 6.16. The fourth-order valence-corrected chi connectivity index (χ4v) is 3.08. The highest BCUT2D eigenvalue weighted by molar-refractivity contribution is 5.96. The van der Waals surface area contributed by atoms with E-state index in [0.717, 1.165) is 42.6 Å². The molecule has 0 spiro atoms. The number of aromatic nitrogens is 2. The van der Waals surface area contributed by atoms with Crippen LogP contribution >= 0.6 is 0 Å². The third kappa shape index (κ3) is 3.45. The number of nitrogens with zero attached hydrogens (tertiary/aromatic N) is 2. The lowest BCUT2D eigenvalue weighted by atomic mass is 9.90. The highest BCUT2D eigenvalue weighted by Crippen LogP contribution is 2.25. The zero-order chi connectivity index (χ0) is 16.4. The molecule has 5 heteroatoms. The van der Waals surface area contributed by atoms with Crippen molar-refractivity contribution < 1.29 is 4.79 Å². The molecule has 1 aliphatic rings. The van der Waals surface area contributed by atoms with Crippen LogP contribution in [-0.2, 0) is 7.05 Å². The Morgan fingerprint density at radius 1 is 1.35 bits per heavy atom. The topological polar surface area (TPSA) is 59.0 Å². The van der Waals surface area contributed by atoms with Crippen molar-refractivity contribution >= 4 is 5.91 Å². The summed E-state index contributed by atoms with van der Waals surface area (Å²) in [4.78, 5) is 12.7. The van der Waals surface area contributed by atoms with Crippen molar-refractivity contribution in [3.05, 3.63) is 41.7 Å². The van der Waals surface area contributed by atoms with E-state index in [4.69, 9.17) is 0 Å². The number of carbonyl (C=O) groups excluding carboxylic acids is 1. The van der Waals surface area contributed by atoms with Gasteiger partial charge in [-0.05, 0) is 63.0 Å². The highest BCUT2D eigenvalue weighted by atomic mass is 16.1. The van der Waals surface area contributed by atoms with E-state index in [9.17, 15) is 4.79 Å². The summed E-state index contributed by atoms with van der Waals surface area (Å²) in [6.07, 6.45) is 5.72. The standard InChI is InChI=1S/C18H24N4O/c1-13-4-5-14(10-16(13)15-11-20-22(3)12-15)17(23)21-18(2)6-8-19-9-7-18/h4-5,10-12,19H,6-9H2,1-3H3,(H,21,23). The minimum absolute atomic E-state index is 0.000426. The van der Waals surface area contributed by atoms with Crippen molar-refractivity contribution in [2.24, 2.45) is 7.05 Å². The van der Waals surface area contributed by atoms with Crippen LogP contribution in [0.1, 0.15) is 35.7 Å². The molecular formula is C18H24N4O. The molecule has 2 N–H and O–H groups in total. The summed E-state index contributed by atoms with van der Waals surface area (Å²) in [5.74, 6) is -0.000426. The Hall–Kier alpha value is -2.14. The number of hydrogen-bond donors (Lipinski definition) is 2. The van der Waals surface area contributed by atoms with E-state index in [1.54, 1.807) is 4.68 Å². The molecule has 0 aliphatic carbocycles. The molecular weight excluding hydrogens is 288 g/mol. The maximum atomic E-state index is 12.7. The van der Waals surface area contributed by atoms with Crippen LogP contribution in [0.2, 0.25) is 0 Å². The number of benzene rings is 1. The zero-order valence-corrected chi connectivity index (χ0v) is 14.0. The molecule has 2 aromatic rings. The van der Waals surface area contributed by atoms with Crippen LogP contribution in [0.3, 0.4) is 0 Å². The van der Waals surface area contributed by atoms with Gasteiger partial charge in [-0.25, -0.2) is 0 Å². The molecule has 1 aromatic heterocycles. The van der Waals surface area contributed by atoms with E-state index in [-0.39, 0.29) is 11.4 Å². The Kier molecular flexibility index (Phi) is 4.22. The van der Waals surface area contributed by atoms with Crippen LogP contribution in [0.15, 0.2) is 30.6 Å². The highest BCUT2D eigenvalue weighted by Gasteiger charge is 2.28. The zero-order valence-electron chi connectivity index (χ0n) is 14.0. The number of nitrogens with one attached hydrogen (secondary N) is 2. The van der Waals surface area contributed by atoms with Crippen molar-refractivity contribution in [3.8, 4) is 11.1 Å². The summed E-state index contributed by atoms with van der Waals surface area (Å²) in [6.45, 7) is 6.08. The Morgan fingerprint density at radius 2 is 2.09 bits per heavy atom. The molecule has 0 bridgehead atoms. The quantitative estimate of drug-likeness (QED) is 0.914. The van der Waals surface area contributed by atoms with Gasteiger partial charge >= 0.3 is 0 Å². The minimum atomic E-state index is -0.123. The number of aryl methyl sites for hydroxylation is 2. The second-order valence-electron chi connectivity index (χ2n) is 6.70. The molecule has 122 valence electrons. The van der Waals surface area contributed by atoms with E-state index in [1.807, 2.05) is 37.6 Å². The molecule has 0 saturated carbocycles. The fraction of sp³-hybridized carbons (Fsp3) is 0.444. The van der Waals surface area contributed by atoms with E-state index >= 15 is 0 Å². The first-order chi connectivity index (χ1) is 11.0. The number of hydrogen-bond acceptors (Lipinski definition) is 3. The van der Waals surface area contributed by atoms with Crippen LogP contribution in [0.25, 0.3) is 11.1 Å². The summed E-state index contributed by atoms with van der Waals surface area (Å²) in [6, 6.07) is 5.86. The van der Waals surface area contributed by atoms with E-state index in [1.165, 1.54) is 0 Å². The molecule has 5 nitrogen and oxygen atoms in total. The summed E-state index contributed by atoms with van der Waals surface area (Å²) in [5.41, 5.74) is 3.81. The van der Waals surface area contributed by atoms with E-state index in [0.29, 0.717) is 5.56 Å². The first kappa shape index (κ1) is 15.7. The van der Waals surface area contributed by atoms with Gasteiger partial charge in [-0.2, -0.15) is 5.10 Å². The molecule has 1 aromatic carbocycles. The van der Waals surface area contributed by atoms with Gasteiger partial charge in [-0.1, -0.05) is 6.07 Å². The SMILES string of the molecule is Cc1ccc(C(=O)NC2(C)CCNCC2)cc1-c1cnn(C)c1. The Bertz CT molecular complexity index is 714. The Balaban J connectivity index is 1.84. The van der Waals surface area contributed by atoms with Gasteiger partial charge in [0.2, 0.25) is 0 Å². The number of carbonyl (C=O) groups is 1. The lowest BCUT2D eigenvalue weighted by Crippen LogP contribution is -2.52. The van der Waals surface area contributed by atoms with Gasteiger partial charge < -0.3 is 10.6 Å². The van der Waals surface area contributed by atoms with Crippen molar-refractivity contribution in [1.82, 2.24) is 20.4 Å². The Morgan fingerprint density at radius 3 is 2.74 bits per heavy atom. The van der Waals surface area contributed by atoms with Gasteiger partial charge in [0.25, 0.3) is 5.91 Å². The monoisotopic (exact) mass is 312 g/mol. The first-order valence-electron chi connectivity index (χ1n) is 8.10. The molecule has 1 saturated heterocycles. The fourth-order valence-electron chi connectivity index (χ4n) is 3.08. The molecule has 1 fully saturated rings. The molecule has 3 rings (SSSR count). The summed E-state index contributed by atoms with van der Waals surface area (Å²) < 4.78 is 1.78. The van der Waals surface area contributed by atoms with E-state index in [2.05, 4.69) is 29.6 Å². The molecule has 2 heterocycles. The van der Waals surface area contributed by atoms with Crippen molar-refractivity contribution in [2.75, 3.05) is 13.1 Å². The van der Waals surface area contributed by atoms with Gasteiger partial charge in [-0.15, -0.1) is 0 Å². The lowest BCUT2D eigenvalue weighted by molar-refractivity contribution is 0.0887. The summed E-state index contributed by atoms with van der Waals surface area (Å²) in [5, 5.41) is 10.8. The van der Waals surface area contributed by atoms with Crippen molar-refractivity contribution in [2.45, 2.75) is 32.2 Å². The van der Waals surface area contributed by atoms with Gasteiger partial charge in [0.15, 0.2) is 0 Å². The number of rotatable bonds is 3. The summed E-state index contributed by atoms with van der Waals surface area (Å²) >= 11 is 0. The van der Waals surface area contributed by atoms with Gasteiger partial charge in [0.05, 0.1) is 6.20 Å². The van der Waals surface area contributed by atoms with Crippen LogP contribution < -0.4 is 10.6 Å². The largest absolute Gasteiger partial charge is 0.347 e. The van der Waals surface area contributed by atoms with Crippen molar-refractivity contribution in [3.63, 3.8) is 0 Å². The summed E-state index contributed by atoms with van der Waals surface area (Å²) in [7, 11) is 1.90. The normalized spacial score (nSPS) is 17.0. The molecule has 23 heavy (non-hydrogen) atoms. The maximum absolute atomic E-state index is 12.7. The predicted molar refractivity (Wildman–Crippen MR) is 91.4 cm³/mol.